The molecule has 0 aromatic heterocycles. The van der Waals surface area contributed by atoms with Crippen LogP contribution in [0, 0.1) is 0 Å². The van der Waals surface area contributed by atoms with E-state index in [-0.39, 0.29) is 5.91 Å². The van der Waals surface area contributed by atoms with Crippen LogP contribution in [0.5, 0.6) is 0 Å². The average molecular weight is 233 g/mol. The summed E-state index contributed by atoms with van der Waals surface area (Å²) < 4.78 is 10.1. The van der Waals surface area contributed by atoms with E-state index >= 15 is 0 Å². The van der Waals surface area contributed by atoms with Gasteiger partial charge in [-0.25, -0.2) is 0 Å². The van der Waals surface area contributed by atoms with Crippen molar-refractivity contribution in [2.75, 3.05) is 33.5 Å². The summed E-state index contributed by atoms with van der Waals surface area (Å²) in [5.41, 5.74) is 0. The molecule has 5 nitrogen and oxygen atoms in total. The molecule has 0 fully saturated rings. The molecule has 0 bridgehead atoms. The third-order valence-corrected chi connectivity index (χ3v) is 2.01. The lowest BCUT2D eigenvalue weighted by atomic mass is 10.2. The average Bonchev–Trinajstić information content (AvgIpc) is 2.25. The number of ether oxygens (including phenoxy) is 2. The summed E-state index contributed by atoms with van der Waals surface area (Å²) in [6.07, 6.45) is 1.27. The van der Waals surface area contributed by atoms with Crippen LogP contribution in [-0.4, -0.2) is 50.6 Å². The van der Waals surface area contributed by atoms with Gasteiger partial charge in [-0.3, -0.25) is 4.79 Å². The minimum absolute atomic E-state index is 0.0159. The number of amides is 1. The Bertz CT molecular complexity index is 173. The maximum Gasteiger partial charge on any atom is 0.220 e. The number of carbonyl (C=O) groups is 1. The van der Waals surface area contributed by atoms with Gasteiger partial charge in [-0.1, -0.05) is 0 Å². The van der Waals surface area contributed by atoms with Crippen molar-refractivity contribution in [3.8, 4) is 0 Å². The highest BCUT2D eigenvalue weighted by Gasteiger charge is 2.02. The summed E-state index contributed by atoms with van der Waals surface area (Å²) in [7, 11) is 1.63. The van der Waals surface area contributed by atoms with E-state index in [1.165, 1.54) is 0 Å². The van der Waals surface area contributed by atoms with E-state index in [0.29, 0.717) is 39.2 Å². The molecule has 0 aromatic carbocycles. The van der Waals surface area contributed by atoms with Gasteiger partial charge in [0.15, 0.2) is 0 Å². The highest BCUT2D eigenvalue weighted by Crippen LogP contribution is 1.94. The Balaban J connectivity index is 3.15. The summed E-state index contributed by atoms with van der Waals surface area (Å²) >= 11 is 0. The predicted molar refractivity (Wildman–Crippen MR) is 61.2 cm³/mol. The first-order chi connectivity index (χ1) is 7.66. The van der Waals surface area contributed by atoms with Crippen molar-refractivity contribution in [1.29, 1.82) is 0 Å². The van der Waals surface area contributed by atoms with Crippen molar-refractivity contribution in [1.82, 2.24) is 5.32 Å². The molecule has 0 heterocycles. The number of aliphatic hydroxyl groups is 1. The Morgan fingerprint density at radius 3 is 2.75 bits per heavy atom. The zero-order chi connectivity index (χ0) is 12.2. The molecule has 0 aliphatic rings. The number of nitrogens with one attached hydrogen (secondary N) is 1. The van der Waals surface area contributed by atoms with Crippen LogP contribution >= 0.6 is 0 Å². The van der Waals surface area contributed by atoms with Gasteiger partial charge in [-0.2, -0.15) is 0 Å². The maximum atomic E-state index is 11.2. The lowest BCUT2D eigenvalue weighted by Crippen LogP contribution is -2.26. The molecular weight excluding hydrogens is 210 g/mol. The van der Waals surface area contributed by atoms with Crippen molar-refractivity contribution < 1.29 is 19.4 Å². The van der Waals surface area contributed by atoms with Crippen LogP contribution in [0.1, 0.15) is 26.2 Å². The molecule has 0 rings (SSSR count). The van der Waals surface area contributed by atoms with E-state index < -0.39 is 6.10 Å². The SMILES string of the molecule is COCCOCCCNC(=O)CCC(C)O. The van der Waals surface area contributed by atoms with E-state index in [9.17, 15) is 4.79 Å². The molecule has 96 valence electrons. The first kappa shape index (κ1) is 15.3. The van der Waals surface area contributed by atoms with Crippen LogP contribution in [-0.2, 0) is 14.3 Å². The summed E-state index contributed by atoms with van der Waals surface area (Å²) in [6, 6.07) is 0. The molecule has 1 unspecified atom stereocenters. The number of hydrogen-bond donors (Lipinski definition) is 2. The monoisotopic (exact) mass is 233 g/mol. The predicted octanol–water partition coefficient (Wildman–Crippen LogP) is 0.317. The van der Waals surface area contributed by atoms with Gasteiger partial charge in [-0.15, -0.1) is 0 Å². The molecule has 0 aliphatic carbocycles. The van der Waals surface area contributed by atoms with Crippen LogP contribution < -0.4 is 5.32 Å². The fourth-order valence-electron chi connectivity index (χ4n) is 1.07. The Morgan fingerprint density at radius 1 is 1.38 bits per heavy atom. The number of methoxy groups -OCH3 is 1. The number of aliphatic hydroxyl groups excluding tert-OH is 1. The van der Waals surface area contributed by atoms with Gasteiger partial charge in [0, 0.05) is 26.7 Å². The summed E-state index contributed by atoms with van der Waals surface area (Å²) in [4.78, 5) is 11.2. The van der Waals surface area contributed by atoms with Gasteiger partial charge in [0.2, 0.25) is 5.91 Å². The molecule has 2 N–H and O–H groups in total. The fraction of sp³-hybridized carbons (Fsp3) is 0.909. The second kappa shape index (κ2) is 10.9. The van der Waals surface area contributed by atoms with Gasteiger partial charge < -0.3 is 19.9 Å². The number of rotatable bonds is 10. The third-order valence-electron chi connectivity index (χ3n) is 2.01. The zero-order valence-electron chi connectivity index (χ0n) is 10.2. The van der Waals surface area contributed by atoms with Crippen molar-refractivity contribution >= 4 is 5.91 Å². The van der Waals surface area contributed by atoms with Gasteiger partial charge in [0.1, 0.15) is 0 Å². The van der Waals surface area contributed by atoms with Crippen molar-refractivity contribution in [2.45, 2.75) is 32.3 Å². The van der Waals surface area contributed by atoms with E-state index in [1.807, 2.05) is 0 Å². The van der Waals surface area contributed by atoms with Crippen LogP contribution in [0.25, 0.3) is 0 Å². The smallest absolute Gasteiger partial charge is 0.220 e. The summed E-state index contributed by atoms with van der Waals surface area (Å²) in [5.74, 6) is -0.0159. The fourth-order valence-corrected chi connectivity index (χ4v) is 1.07. The molecule has 0 saturated carbocycles. The first-order valence-corrected chi connectivity index (χ1v) is 5.68. The molecule has 5 heteroatoms. The zero-order valence-corrected chi connectivity index (χ0v) is 10.2. The van der Waals surface area contributed by atoms with Crippen LogP contribution in [0.15, 0.2) is 0 Å². The minimum atomic E-state index is -0.414. The van der Waals surface area contributed by atoms with Crippen molar-refractivity contribution in [3.05, 3.63) is 0 Å². The van der Waals surface area contributed by atoms with E-state index in [1.54, 1.807) is 14.0 Å². The molecule has 0 aromatic rings. The first-order valence-electron chi connectivity index (χ1n) is 5.68. The molecule has 1 atom stereocenters. The van der Waals surface area contributed by atoms with Gasteiger partial charge in [0.25, 0.3) is 0 Å². The minimum Gasteiger partial charge on any atom is -0.393 e. The number of hydrogen-bond acceptors (Lipinski definition) is 4. The summed E-state index contributed by atoms with van der Waals surface area (Å²) in [6.45, 7) is 4.11. The molecule has 0 saturated heterocycles. The summed E-state index contributed by atoms with van der Waals surface area (Å²) in [5, 5.41) is 11.7. The largest absolute Gasteiger partial charge is 0.393 e. The molecule has 1 amide bonds. The van der Waals surface area contributed by atoms with Gasteiger partial charge in [0.05, 0.1) is 19.3 Å². The van der Waals surface area contributed by atoms with Crippen molar-refractivity contribution in [3.63, 3.8) is 0 Å². The third kappa shape index (κ3) is 11.4. The van der Waals surface area contributed by atoms with Crippen LogP contribution in [0.3, 0.4) is 0 Å². The molecule has 0 spiro atoms. The lowest BCUT2D eigenvalue weighted by Gasteiger charge is -2.07. The Morgan fingerprint density at radius 2 is 2.12 bits per heavy atom. The quantitative estimate of drug-likeness (QED) is 0.533. The molecular formula is C11H23NO4. The second-order valence-corrected chi connectivity index (χ2v) is 3.70. The van der Waals surface area contributed by atoms with E-state index in [0.717, 1.165) is 6.42 Å². The topological polar surface area (TPSA) is 67.8 Å². The molecule has 0 aliphatic heterocycles. The number of carbonyl (C=O) groups excluding carboxylic acids is 1. The lowest BCUT2D eigenvalue weighted by molar-refractivity contribution is -0.121. The van der Waals surface area contributed by atoms with Crippen molar-refractivity contribution in [2.24, 2.45) is 0 Å². The standard InChI is InChI=1S/C11H23NO4/c1-10(13)4-5-11(14)12-6-3-7-16-9-8-15-2/h10,13H,3-9H2,1-2H3,(H,12,14). The maximum absolute atomic E-state index is 11.2. The second-order valence-electron chi connectivity index (χ2n) is 3.70. The van der Waals surface area contributed by atoms with Gasteiger partial charge >= 0.3 is 0 Å². The van der Waals surface area contributed by atoms with Crippen LogP contribution in [0.4, 0.5) is 0 Å². The normalized spacial score (nSPS) is 12.4. The highest BCUT2D eigenvalue weighted by atomic mass is 16.5. The van der Waals surface area contributed by atoms with Crippen LogP contribution in [0.2, 0.25) is 0 Å². The van der Waals surface area contributed by atoms with Gasteiger partial charge in [-0.05, 0) is 19.8 Å². The Kier molecular flexibility index (Phi) is 10.4. The van der Waals surface area contributed by atoms with E-state index in [4.69, 9.17) is 14.6 Å². The Hall–Kier alpha value is -0.650. The molecule has 0 radical (unpaired) electrons. The Labute approximate surface area is 97.1 Å². The van der Waals surface area contributed by atoms with E-state index in [2.05, 4.69) is 5.32 Å². The highest BCUT2D eigenvalue weighted by molar-refractivity contribution is 5.75. The molecule has 16 heavy (non-hydrogen) atoms.